The first kappa shape index (κ1) is 13.2. The van der Waals surface area contributed by atoms with Gasteiger partial charge in [0.25, 0.3) is 0 Å². The highest BCUT2D eigenvalue weighted by atomic mass is 79.9. The zero-order valence-electron chi connectivity index (χ0n) is 9.70. The summed E-state index contributed by atoms with van der Waals surface area (Å²) in [5, 5.41) is 0. The van der Waals surface area contributed by atoms with Crippen molar-refractivity contribution in [1.29, 1.82) is 0 Å². The molecule has 0 unspecified atom stereocenters. The minimum absolute atomic E-state index is 0.146. The smallest absolute Gasteiger partial charge is 0.162 e. The Kier molecular flexibility index (Phi) is 4.45. The average molecular weight is 324 g/mol. The molecule has 0 heterocycles. The molecule has 92 valence electrons. The largest absolute Gasteiger partial charge is 0.478 e. The lowest BCUT2D eigenvalue weighted by molar-refractivity contribution is 0.388. The van der Waals surface area contributed by atoms with E-state index in [4.69, 9.17) is 16.3 Å². The number of hydrogen-bond acceptors (Lipinski definition) is 1. The fourth-order valence-corrected chi connectivity index (χ4v) is 2.20. The Morgan fingerprint density at radius 2 is 1.78 bits per heavy atom. The lowest BCUT2D eigenvalue weighted by atomic mass is 10.00. The molecule has 0 aromatic heterocycles. The highest BCUT2D eigenvalue weighted by molar-refractivity contribution is 9.10. The molecule has 0 amide bonds. The molecule has 0 aliphatic rings. The molecule has 0 saturated carbocycles. The second-order valence-corrected chi connectivity index (χ2v) is 4.90. The Morgan fingerprint density at radius 3 is 2.44 bits per heavy atom. The number of benzene rings is 2. The third-order valence-corrected chi connectivity index (χ3v) is 3.18. The molecule has 2 aromatic rings. The number of rotatable bonds is 4. The zero-order valence-corrected chi connectivity index (χ0v) is 12.0. The Morgan fingerprint density at radius 1 is 1.11 bits per heavy atom. The molecule has 0 radical (unpaired) electrons. The summed E-state index contributed by atoms with van der Waals surface area (Å²) in [6.45, 7) is 4.13. The van der Waals surface area contributed by atoms with Crippen molar-refractivity contribution in [3.05, 3.63) is 70.7 Å². The highest BCUT2D eigenvalue weighted by Gasteiger charge is 2.04. The predicted octanol–water partition coefficient (Wildman–Crippen LogP) is 5.09. The number of halogens is 2. The molecular formula is C15H12BrClO. The van der Waals surface area contributed by atoms with Crippen molar-refractivity contribution in [2.24, 2.45) is 0 Å². The van der Waals surface area contributed by atoms with Crippen molar-refractivity contribution < 1.29 is 4.74 Å². The molecule has 0 atom stereocenters. The molecule has 0 bridgehead atoms. The SMILES string of the molecule is C=C(c1cccc(Br)c1)c1cccc(OCCl)c1. The molecule has 0 spiro atoms. The van der Waals surface area contributed by atoms with Crippen LogP contribution in [0.2, 0.25) is 0 Å². The molecule has 0 aliphatic heterocycles. The van der Waals surface area contributed by atoms with Crippen LogP contribution in [0.3, 0.4) is 0 Å². The maximum absolute atomic E-state index is 5.55. The summed E-state index contributed by atoms with van der Waals surface area (Å²) in [6.07, 6.45) is 0. The Bertz CT molecular complexity index is 566. The van der Waals surface area contributed by atoms with Gasteiger partial charge >= 0.3 is 0 Å². The van der Waals surface area contributed by atoms with E-state index in [-0.39, 0.29) is 6.07 Å². The Hall–Kier alpha value is -1.25. The normalized spacial score (nSPS) is 10.1. The van der Waals surface area contributed by atoms with E-state index in [2.05, 4.69) is 22.5 Å². The van der Waals surface area contributed by atoms with Crippen LogP contribution in [0, 0.1) is 0 Å². The minimum Gasteiger partial charge on any atom is -0.478 e. The van der Waals surface area contributed by atoms with Gasteiger partial charge in [0.2, 0.25) is 0 Å². The van der Waals surface area contributed by atoms with Crippen molar-refractivity contribution in [1.82, 2.24) is 0 Å². The van der Waals surface area contributed by atoms with E-state index in [1.807, 2.05) is 48.5 Å². The van der Waals surface area contributed by atoms with Crippen LogP contribution in [0.5, 0.6) is 5.75 Å². The van der Waals surface area contributed by atoms with E-state index in [0.29, 0.717) is 0 Å². The standard InChI is InChI=1S/C15H12BrClO/c1-11(12-4-2-6-14(16)8-12)13-5-3-7-15(9-13)18-10-17/h2-9H,1,10H2. The molecule has 0 fully saturated rings. The van der Waals surface area contributed by atoms with E-state index in [1.54, 1.807) is 0 Å². The fourth-order valence-electron chi connectivity index (χ4n) is 1.68. The molecule has 0 aliphatic carbocycles. The van der Waals surface area contributed by atoms with Crippen molar-refractivity contribution >= 4 is 33.1 Å². The summed E-state index contributed by atoms with van der Waals surface area (Å²) in [4.78, 5) is 0. The lowest BCUT2D eigenvalue weighted by Crippen LogP contribution is -1.91. The molecule has 1 nitrogen and oxygen atoms in total. The minimum atomic E-state index is 0.146. The average Bonchev–Trinajstić information content (AvgIpc) is 2.39. The summed E-state index contributed by atoms with van der Waals surface area (Å²) in [5.74, 6) is 0.749. The maximum atomic E-state index is 5.55. The topological polar surface area (TPSA) is 9.23 Å². The number of hydrogen-bond donors (Lipinski definition) is 0. The van der Waals surface area contributed by atoms with Crippen LogP contribution in [0.15, 0.2) is 59.6 Å². The monoisotopic (exact) mass is 322 g/mol. The number of alkyl halides is 1. The van der Waals surface area contributed by atoms with Gasteiger partial charge in [-0.05, 0) is 41.0 Å². The van der Waals surface area contributed by atoms with Gasteiger partial charge in [0.15, 0.2) is 6.07 Å². The van der Waals surface area contributed by atoms with Gasteiger partial charge in [-0.25, -0.2) is 0 Å². The zero-order chi connectivity index (χ0) is 13.0. The first-order valence-electron chi connectivity index (χ1n) is 5.45. The van der Waals surface area contributed by atoms with Crippen LogP contribution in [-0.4, -0.2) is 6.07 Å². The van der Waals surface area contributed by atoms with E-state index >= 15 is 0 Å². The quantitative estimate of drug-likeness (QED) is 0.712. The van der Waals surface area contributed by atoms with Gasteiger partial charge in [0.1, 0.15) is 5.75 Å². The third-order valence-electron chi connectivity index (χ3n) is 2.58. The fraction of sp³-hybridized carbons (Fsp3) is 0.0667. The third kappa shape index (κ3) is 3.15. The van der Waals surface area contributed by atoms with Crippen molar-refractivity contribution in [2.75, 3.05) is 6.07 Å². The van der Waals surface area contributed by atoms with Crippen molar-refractivity contribution in [3.63, 3.8) is 0 Å². The van der Waals surface area contributed by atoms with E-state index in [0.717, 1.165) is 26.9 Å². The van der Waals surface area contributed by atoms with Crippen molar-refractivity contribution in [2.45, 2.75) is 0 Å². The highest BCUT2D eigenvalue weighted by Crippen LogP contribution is 2.26. The van der Waals surface area contributed by atoms with Crippen LogP contribution in [0.4, 0.5) is 0 Å². The van der Waals surface area contributed by atoms with E-state index < -0.39 is 0 Å². The lowest BCUT2D eigenvalue weighted by Gasteiger charge is -2.09. The molecule has 2 rings (SSSR count). The van der Waals surface area contributed by atoms with Gasteiger partial charge in [-0.3, -0.25) is 0 Å². The summed E-state index contributed by atoms with van der Waals surface area (Å²) in [5.41, 5.74) is 3.06. The molecule has 0 N–H and O–H groups in total. The van der Waals surface area contributed by atoms with Crippen LogP contribution < -0.4 is 4.74 Å². The first-order valence-corrected chi connectivity index (χ1v) is 6.77. The maximum Gasteiger partial charge on any atom is 0.162 e. The van der Waals surface area contributed by atoms with E-state index in [1.165, 1.54) is 0 Å². The molecule has 3 heteroatoms. The van der Waals surface area contributed by atoms with Crippen LogP contribution in [-0.2, 0) is 0 Å². The van der Waals surface area contributed by atoms with Crippen LogP contribution in [0.25, 0.3) is 5.57 Å². The first-order chi connectivity index (χ1) is 8.70. The van der Waals surface area contributed by atoms with Gasteiger partial charge in [-0.1, -0.05) is 58.4 Å². The number of ether oxygens (including phenoxy) is 1. The van der Waals surface area contributed by atoms with Gasteiger partial charge in [-0.15, -0.1) is 0 Å². The molecule has 18 heavy (non-hydrogen) atoms. The Balaban J connectivity index is 2.31. The van der Waals surface area contributed by atoms with Crippen LogP contribution in [0.1, 0.15) is 11.1 Å². The molecule has 2 aromatic carbocycles. The summed E-state index contributed by atoms with van der Waals surface area (Å²) >= 11 is 9.01. The van der Waals surface area contributed by atoms with Gasteiger partial charge < -0.3 is 4.74 Å². The van der Waals surface area contributed by atoms with Gasteiger partial charge in [0.05, 0.1) is 0 Å². The van der Waals surface area contributed by atoms with Gasteiger partial charge in [-0.2, -0.15) is 0 Å². The summed E-state index contributed by atoms with van der Waals surface area (Å²) in [6, 6.07) is 15.9. The van der Waals surface area contributed by atoms with E-state index in [9.17, 15) is 0 Å². The second kappa shape index (κ2) is 6.07. The van der Waals surface area contributed by atoms with Crippen LogP contribution >= 0.6 is 27.5 Å². The second-order valence-electron chi connectivity index (χ2n) is 3.77. The van der Waals surface area contributed by atoms with Gasteiger partial charge in [0, 0.05) is 4.47 Å². The molecular weight excluding hydrogens is 312 g/mol. The summed E-state index contributed by atoms with van der Waals surface area (Å²) in [7, 11) is 0. The van der Waals surface area contributed by atoms with Crippen molar-refractivity contribution in [3.8, 4) is 5.75 Å². The Labute approximate surface area is 120 Å². The molecule has 0 saturated heterocycles. The predicted molar refractivity (Wildman–Crippen MR) is 80.1 cm³/mol. The summed E-state index contributed by atoms with van der Waals surface area (Å²) < 4.78 is 6.31.